The Balaban J connectivity index is 2.06. The molecule has 0 saturated carbocycles. The molecule has 2 N–H and O–H groups in total. The molecule has 1 atom stereocenters. The van der Waals surface area contributed by atoms with Crippen molar-refractivity contribution >= 4 is 17.5 Å². The van der Waals surface area contributed by atoms with Crippen LogP contribution in [0.25, 0.3) is 5.65 Å². The van der Waals surface area contributed by atoms with E-state index in [0.29, 0.717) is 5.65 Å². The fraction of sp³-hybridized carbons (Fsp3) is 0.429. The summed E-state index contributed by atoms with van der Waals surface area (Å²) in [5.74, 6) is -1.52. The van der Waals surface area contributed by atoms with Gasteiger partial charge in [0.05, 0.1) is 6.54 Å². The van der Waals surface area contributed by atoms with E-state index in [9.17, 15) is 14.4 Å². The van der Waals surface area contributed by atoms with Crippen molar-refractivity contribution in [1.82, 2.24) is 19.5 Å². The van der Waals surface area contributed by atoms with Gasteiger partial charge >= 0.3 is 11.7 Å². The molecule has 2 rings (SSSR count). The summed E-state index contributed by atoms with van der Waals surface area (Å²) >= 11 is 0. The SMILES string of the molecule is CCC(C)(NC(=O)CCn1nc2ccccn2c1=O)C(=O)O. The molecule has 1 unspecified atom stereocenters. The number of amides is 1. The average Bonchev–Trinajstić information content (AvgIpc) is 2.82. The number of rotatable bonds is 6. The minimum atomic E-state index is -1.30. The fourth-order valence-electron chi connectivity index (χ4n) is 1.98. The molecule has 22 heavy (non-hydrogen) atoms. The molecule has 118 valence electrons. The number of nitrogens with one attached hydrogen (secondary N) is 1. The summed E-state index contributed by atoms with van der Waals surface area (Å²) in [5.41, 5.74) is -1.14. The summed E-state index contributed by atoms with van der Waals surface area (Å²) in [6.45, 7) is 3.22. The van der Waals surface area contributed by atoms with Crippen molar-refractivity contribution in [3.8, 4) is 0 Å². The number of carboxylic acids is 1. The maximum absolute atomic E-state index is 12.0. The highest BCUT2D eigenvalue weighted by molar-refractivity contribution is 5.86. The minimum absolute atomic E-state index is 0.0212. The summed E-state index contributed by atoms with van der Waals surface area (Å²) in [4.78, 5) is 35.1. The van der Waals surface area contributed by atoms with Crippen LogP contribution in [0.5, 0.6) is 0 Å². The van der Waals surface area contributed by atoms with Crippen molar-refractivity contribution in [2.75, 3.05) is 0 Å². The molecule has 8 heteroatoms. The van der Waals surface area contributed by atoms with Crippen molar-refractivity contribution in [3.63, 3.8) is 0 Å². The van der Waals surface area contributed by atoms with Crippen LogP contribution >= 0.6 is 0 Å². The molecule has 0 bridgehead atoms. The van der Waals surface area contributed by atoms with Gasteiger partial charge in [0.2, 0.25) is 5.91 Å². The zero-order valence-electron chi connectivity index (χ0n) is 12.4. The van der Waals surface area contributed by atoms with E-state index in [1.165, 1.54) is 16.0 Å². The van der Waals surface area contributed by atoms with Crippen LogP contribution in [0.2, 0.25) is 0 Å². The summed E-state index contributed by atoms with van der Waals surface area (Å²) in [6, 6.07) is 5.17. The smallest absolute Gasteiger partial charge is 0.350 e. The molecule has 0 aromatic carbocycles. The Morgan fingerprint density at radius 3 is 2.73 bits per heavy atom. The van der Waals surface area contributed by atoms with Crippen molar-refractivity contribution in [1.29, 1.82) is 0 Å². The molecule has 8 nitrogen and oxygen atoms in total. The van der Waals surface area contributed by atoms with Crippen LogP contribution < -0.4 is 11.0 Å². The number of aromatic nitrogens is 3. The van der Waals surface area contributed by atoms with Gasteiger partial charge in [-0.1, -0.05) is 13.0 Å². The third-order valence-electron chi connectivity index (χ3n) is 3.63. The highest BCUT2D eigenvalue weighted by Gasteiger charge is 2.32. The van der Waals surface area contributed by atoms with Gasteiger partial charge < -0.3 is 10.4 Å². The summed E-state index contributed by atoms with van der Waals surface area (Å²) in [6.07, 6.45) is 1.84. The molecule has 0 spiro atoms. The molecule has 2 aromatic rings. The number of fused-ring (bicyclic) bond motifs is 1. The molecule has 2 aromatic heterocycles. The lowest BCUT2D eigenvalue weighted by Crippen LogP contribution is -2.51. The number of hydrogen-bond acceptors (Lipinski definition) is 4. The minimum Gasteiger partial charge on any atom is -0.480 e. The van der Waals surface area contributed by atoms with E-state index in [4.69, 9.17) is 5.11 Å². The topological polar surface area (TPSA) is 106 Å². The van der Waals surface area contributed by atoms with Crippen molar-refractivity contribution in [2.24, 2.45) is 0 Å². The van der Waals surface area contributed by atoms with Gasteiger partial charge in [-0.15, -0.1) is 5.10 Å². The van der Waals surface area contributed by atoms with Crippen LogP contribution in [0.4, 0.5) is 0 Å². The van der Waals surface area contributed by atoms with Crippen LogP contribution in [0.1, 0.15) is 26.7 Å². The first-order valence-electron chi connectivity index (χ1n) is 6.96. The van der Waals surface area contributed by atoms with Gasteiger partial charge in [0.25, 0.3) is 0 Å². The summed E-state index contributed by atoms with van der Waals surface area (Å²) in [7, 11) is 0. The highest BCUT2D eigenvalue weighted by atomic mass is 16.4. The van der Waals surface area contributed by atoms with Crippen LogP contribution in [-0.2, 0) is 16.1 Å². The zero-order valence-corrected chi connectivity index (χ0v) is 12.4. The van der Waals surface area contributed by atoms with E-state index in [-0.39, 0.29) is 25.1 Å². The Hall–Kier alpha value is -2.64. The molecule has 0 saturated heterocycles. The van der Waals surface area contributed by atoms with Gasteiger partial charge in [-0.2, -0.15) is 0 Å². The van der Waals surface area contributed by atoms with Gasteiger partial charge in [0, 0.05) is 12.6 Å². The van der Waals surface area contributed by atoms with Gasteiger partial charge in [-0.3, -0.25) is 9.20 Å². The normalized spacial score (nSPS) is 13.7. The predicted molar refractivity (Wildman–Crippen MR) is 78.5 cm³/mol. The van der Waals surface area contributed by atoms with E-state index in [1.807, 2.05) is 0 Å². The lowest BCUT2D eigenvalue weighted by Gasteiger charge is -2.24. The number of hydrogen-bond donors (Lipinski definition) is 2. The first kappa shape index (κ1) is 15.7. The molecule has 1 amide bonds. The van der Waals surface area contributed by atoms with Crippen molar-refractivity contribution in [2.45, 2.75) is 38.8 Å². The molecule has 0 radical (unpaired) electrons. The van der Waals surface area contributed by atoms with Crippen LogP contribution in [0.3, 0.4) is 0 Å². The second-order valence-corrected chi connectivity index (χ2v) is 5.22. The van der Waals surface area contributed by atoms with E-state index < -0.39 is 17.4 Å². The summed E-state index contributed by atoms with van der Waals surface area (Å²) in [5, 5.41) is 15.7. The standard InChI is InChI=1S/C14H18N4O4/c1-3-14(2,12(20)21)15-11(19)7-9-18-13(22)17-8-5-4-6-10(17)16-18/h4-6,8H,3,7,9H2,1-2H3,(H,15,19)(H,20,21). The lowest BCUT2D eigenvalue weighted by molar-refractivity contribution is -0.147. The Labute approximate surface area is 126 Å². The third-order valence-corrected chi connectivity index (χ3v) is 3.63. The molecule has 0 fully saturated rings. The van der Waals surface area contributed by atoms with E-state index in [0.717, 1.165) is 0 Å². The van der Waals surface area contributed by atoms with Gasteiger partial charge in [0.15, 0.2) is 5.65 Å². The zero-order chi connectivity index (χ0) is 16.3. The fourth-order valence-corrected chi connectivity index (χ4v) is 1.98. The number of carbonyl (C=O) groups is 2. The predicted octanol–water partition coefficient (Wildman–Crippen LogP) is 0.256. The molecule has 0 aliphatic carbocycles. The number of carboxylic acid groups (broad SMARTS) is 1. The quantitative estimate of drug-likeness (QED) is 0.796. The monoisotopic (exact) mass is 306 g/mol. The van der Waals surface area contributed by atoms with E-state index >= 15 is 0 Å². The Morgan fingerprint density at radius 1 is 1.41 bits per heavy atom. The number of carbonyl (C=O) groups excluding carboxylic acids is 1. The second-order valence-electron chi connectivity index (χ2n) is 5.22. The Bertz CT molecular complexity index is 764. The maximum Gasteiger partial charge on any atom is 0.350 e. The first-order chi connectivity index (χ1) is 10.4. The first-order valence-corrected chi connectivity index (χ1v) is 6.96. The van der Waals surface area contributed by atoms with E-state index in [1.54, 1.807) is 31.3 Å². The summed E-state index contributed by atoms with van der Waals surface area (Å²) < 4.78 is 2.57. The number of nitrogens with zero attached hydrogens (tertiary/aromatic N) is 3. The Morgan fingerprint density at radius 2 is 2.14 bits per heavy atom. The largest absolute Gasteiger partial charge is 0.480 e. The van der Waals surface area contributed by atoms with Crippen molar-refractivity contribution < 1.29 is 14.7 Å². The molecular formula is C14H18N4O4. The highest BCUT2D eigenvalue weighted by Crippen LogP contribution is 2.09. The average molecular weight is 306 g/mol. The number of pyridine rings is 1. The van der Waals surface area contributed by atoms with Gasteiger partial charge in [0.1, 0.15) is 5.54 Å². The van der Waals surface area contributed by atoms with Crippen molar-refractivity contribution in [3.05, 3.63) is 34.9 Å². The number of aliphatic carboxylic acids is 1. The van der Waals surface area contributed by atoms with Gasteiger partial charge in [-0.25, -0.2) is 14.3 Å². The van der Waals surface area contributed by atoms with Crippen LogP contribution in [-0.4, -0.2) is 36.7 Å². The van der Waals surface area contributed by atoms with Gasteiger partial charge in [-0.05, 0) is 25.5 Å². The molecular weight excluding hydrogens is 288 g/mol. The molecule has 0 aliphatic rings. The van der Waals surface area contributed by atoms with Crippen LogP contribution in [0.15, 0.2) is 29.2 Å². The number of aryl methyl sites for hydroxylation is 1. The maximum atomic E-state index is 12.0. The van der Waals surface area contributed by atoms with E-state index in [2.05, 4.69) is 10.4 Å². The second kappa shape index (κ2) is 6.00. The Kier molecular flexibility index (Phi) is 4.30. The molecule has 0 aliphatic heterocycles. The lowest BCUT2D eigenvalue weighted by atomic mass is 9.99. The molecule has 2 heterocycles. The van der Waals surface area contributed by atoms with Crippen LogP contribution in [0, 0.1) is 0 Å². The third kappa shape index (κ3) is 3.00.